The Kier molecular flexibility index (Phi) is 10.8. The lowest BCUT2D eigenvalue weighted by Gasteiger charge is -2.38. The number of halogens is 5. The van der Waals surface area contributed by atoms with Crippen molar-refractivity contribution in [1.82, 2.24) is 14.1 Å². The predicted octanol–water partition coefficient (Wildman–Crippen LogP) is 6.19. The topological polar surface area (TPSA) is 111 Å². The molecule has 0 unspecified atom stereocenters. The number of carbonyl (C=O) groups is 2. The van der Waals surface area contributed by atoms with Gasteiger partial charge in [-0.15, -0.1) is 0 Å². The smallest absolute Gasteiger partial charge is 0.416 e. The molecule has 2 N–H and O–H groups in total. The van der Waals surface area contributed by atoms with Crippen LogP contribution in [0.25, 0.3) is 0 Å². The van der Waals surface area contributed by atoms with Gasteiger partial charge in [0.1, 0.15) is 5.60 Å². The number of anilines is 2. The van der Waals surface area contributed by atoms with Gasteiger partial charge in [0.2, 0.25) is 0 Å². The molecule has 0 saturated carbocycles. The van der Waals surface area contributed by atoms with E-state index in [1.165, 1.54) is 22.5 Å². The van der Waals surface area contributed by atoms with E-state index in [-0.39, 0.29) is 46.2 Å². The van der Waals surface area contributed by atoms with Gasteiger partial charge in [0.05, 0.1) is 27.5 Å². The number of rotatable bonds is 7. The van der Waals surface area contributed by atoms with Crippen LogP contribution in [0.5, 0.6) is 0 Å². The Morgan fingerprint density at radius 3 is 2.13 bits per heavy atom. The van der Waals surface area contributed by atoms with Crippen LogP contribution < -0.4 is 10.0 Å². The van der Waals surface area contributed by atoms with E-state index in [1.807, 2.05) is 20.8 Å². The van der Waals surface area contributed by atoms with Crippen LogP contribution in [0.15, 0.2) is 36.4 Å². The third-order valence-corrected chi connectivity index (χ3v) is 9.53. The Labute approximate surface area is 270 Å². The molecule has 4 rings (SSSR count). The average molecular weight is 695 g/mol. The van der Waals surface area contributed by atoms with Crippen LogP contribution in [0, 0.1) is 5.92 Å². The fourth-order valence-corrected chi connectivity index (χ4v) is 6.75. The largest absolute Gasteiger partial charge is 0.444 e. The second kappa shape index (κ2) is 13.9. The van der Waals surface area contributed by atoms with E-state index in [0.717, 1.165) is 31.5 Å². The van der Waals surface area contributed by atoms with Gasteiger partial charge in [0.25, 0.3) is 5.91 Å². The number of piperidine rings is 1. The zero-order valence-corrected chi connectivity index (χ0v) is 27.4. The quantitative estimate of drug-likeness (QED) is 0.358. The minimum absolute atomic E-state index is 0.0564. The Morgan fingerprint density at radius 1 is 0.933 bits per heavy atom. The van der Waals surface area contributed by atoms with E-state index in [2.05, 4.69) is 14.9 Å². The number of alkyl halides is 3. The molecule has 0 radical (unpaired) electrons. The molecule has 0 aromatic heterocycles. The first-order chi connectivity index (χ1) is 20.9. The van der Waals surface area contributed by atoms with Crippen LogP contribution >= 0.6 is 23.2 Å². The lowest BCUT2D eigenvalue weighted by Crippen LogP contribution is -2.52. The molecule has 0 aliphatic carbocycles. The standard InChI is InChI=1S/C29H36Cl2F3N5O5S/c1-28(2,3)44-27(41)38-10-8-19(9-11-38)18-37-12-14-39(15-13-37)45(42,43)36-24-7-5-21(30)17-22(24)26(40)35-25-6-4-20(16-23(25)31)29(32,33)34/h4-7,16-17,19,36H,8-15,18H2,1-3H3,(H,35,40). The molecule has 2 fully saturated rings. The summed E-state index contributed by atoms with van der Waals surface area (Å²) >= 11 is 12.1. The van der Waals surface area contributed by atoms with E-state index >= 15 is 0 Å². The summed E-state index contributed by atoms with van der Waals surface area (Å²) < 4.78 is 74.8. The van der Waals surface area contributed by atoms with E-state index in [0.29, 0.717) is 38.2 Å². The number of carbonyl (C=O) groups excluding carboxylic acids is 2. The molecule has 0 spiro atoms. The van der Waals surface area contributed by atoms with E-state index in [4.69, 9.17) is 27.9 Å². The Morgan fingerprint density at radius 2 is 1.56 bits per heavy atom. The number of hydrogen-bond donors (Lipinski definition) is 2. The average Bonchev–Trinajstić information content (AvgIpc) is 2.94. The van der Waals surface area contributed by atoms with Gasteiger partial charge in [-0.1, -0.05) is 23.2 Å². The van der Waals surface area contributed by atoms with Gasteiger partial charge in [-0.2, -0.15) is 25.9 Å². The van der Waals surface area contributed by atoms with Crippen LogP contribution in [0.2, 0.25) is 10.0 Å². The van der Waals surface area contributed by atoms with Crippen molar-refractivity contribution in [3.8, 4) is 0 Å². The van der Waals surface area contributed by atoms with E-state index < -0.39 is 33.5 Å². The van der Waals surface area contributed by atoms with Crippen molar-refractivity contribution >= 4 is 56.8 Å². The lowest BCUT2D eigenvalue weighted by molar-refractivity contribution is -0.137. The summed E-state index contributed by atoms with van der Waals surface area (Å²) in [5, 5.41) is 2.23. The van der Waals surface area contributed by atoms with E-state index in [9.17, 15) is 31.2 Å². The predicted molar refractivity (Wildman–Crippen MR) is 167 cm³/mol. The van der Waals surface area contributed by atoms with Crippen molar-refractivity contribution in [1.29, 1.82) is 0 Å². The van der Waals surface area contributed by atoms with Crippen LogP contribution in [-0.2, 0) is 21.1 Å². The molecule has 2 aromatic rings. The molecule has 2 aromatic carbocycles. The fraction of sp³-hybridized carbons (Fsp3) is 0.517. The maximum absolute atomic E-state index is 13.3. The summed E-state index contributed by atoms with van der Waals surface area (Å²) in [6.07, 6.45) is -3.26. The van der Waals surface area contributed by atoms with Gasteiger partial charge in [-0.25, -0.2) is 4.79 Å². The Bertz CT molecular complexity index is 1500. The molecular formula is C29H36Cl2F3N5O5S. The molecule has 2 aliphatic heterocycles. The maximum Gasteiger partial charge on any atom is 0.416 e. The Balaban J connectivity index is 1.33. The first-order valence-electron chi connectivity index (χ1n) is 14.4. The molecule has 10 nitrogen and oxygen atoms in total. The zero-order valence-electron chi connectivity index (χ0n) is 25.1. The van der Waals surface area contributed by atoms with Gasteiger partial charge in [-0.3, -0.25) is 9.52 Å². The highest BCUT2D eigenvalue weighted by atomic mass is 35.5. The van der Waals surface area contributed by atoms with Gasteiger partial charge in [-0.05, 0) is 75.9 Å². The van der Waals surface area contributed by atoms with Crippen molar-refractivity contribution < 1.29 is 35.9 Å². The molecular weight excluding hydrogens is 658 g/mol. The number of hydrogen-bond acceptors (Lipinski definition) is 6. The molecule has 0 atom stereocenters. The van der Waals surface area contributed by atoms with Crippen molar-refractivity contribution in [2.75, 3.05) is 55.9 Å². The second-order valence-electron chi connectivity index (χ2n) is 12.1. The number of nitrogens with zero attached hydrogens (tertiary/aromatic N) is 3. The van der Waals surface area contributed by atoms with Crippen molar-refractivity contribution in [2.24, 2.45) is 5.92 Å². The molecule has 2 amide bonds. The van der Waals surface area contributed by atoms with Crippen molar-refractivity contribution in [3.63, 3.8) is 0 Å². The minimum atomic E-state index is -4.61. The summed E-state index contributed by atoms with van der Waals surface area (Å²) in [6, 6.07) is 6.47. The normalized spacial score (nSPS) is 17.6. The molecule has 2 aliphatic rings. The first kappa shape index (κ1) is 35.1. The monoisotopic (exact) mass is 693 g/mol. The second-order valence-corrected chi connectivity index (χ2v) is 14.6. The molecule has 248 valence electrons. The zero-order chi connectivity index (χ0) is 33.2. The number of ether oxygens (including phenoxy) is 1. The van der Waals surface area contributed by atoms with Gasteiger partial charge in [0, 0.05) is 50.8 Å². The molecule has 16 heteroatoms. The highest BCUT2D eigenvalue weighted by Gasteiger charge is 2.33. The number of nitrogens with one attached hydrogen (secondary N) is 2. The third kappa shape index (κ3) is 9.61. The number of amides is 2. The number of piperazine rings is 1. The van der Waals surface area contributed by atoms with Crippen molar-refractivity contribution in [3.05, 3.63) is 57.6 Å². The van der Waals surface area contributed by atoms with Gasteiger partial charge < -0.3 is 19.9 Å². The summed E-state index contributed by atoms with van der Waals surface area (Å²) in [5.41, 5.74) is -1.81. The van der Waals surface area contributed by atoms with Gasteiger partial charge >= 0.3 is 22.5 Å². The summed E-state index contributed by atoms with van der Waals surface area (Å²) in [7, 11) is -4.07. The van der Waals surface area contributed by atoms with E-state index in [1.54, 1.807) is 4.90 Å². The summed E-state index contributed by atoms with van der Waals surface area (Å²) in [5.74, 6) is -0.447. The molecule has 0 bridgehead atoms. The van der Waals surface area contributed by atoms with Crippen molar-refractivity contribution in [2.45, 2.75) is 45.4 Å². The van der Waals surface area contributed by atoms with Crippen LogP contribution in [0.1, 0.15) is 49.5 Å². The number of benzene rings is 2. The van der Waals surface area contributed by atoms with Crippen LogP contribution in [0.4, 0.5) is 29.3 Å². The van der Waals surface area contributed by atoms with Crippen LogP contribution in [0.3, 0.4) is 0 Å². The SMILES string of the molecule is CC(C)(C)OC(=O)N1CCC(CN2CCN(S(=O)(=O)Nc3ccc(Cl)cc3C(=O)Nc3ccc(C(F)(F)F)cc3Cl)CC2)CC1. The molecule has 2 saturated heterocycles. The Hall–Kier alpha value is -2.78. The fourth-order valence-electron chi connectivity index (χ4n) is 5.12. The van der Waals surface area contributed by atoms with Gasteiger partial charge in [0.15, 0.2) is 0 Å². The summed E-state index contributed by atoms with van der Waals surface area (Å²) in [4.78, 5) is 29.4. The molecule has 2 heterocycles. The lowest BCUT2D eigenvalue weighted by atomic mass is 9.96. The highest BCUT2D eigenvalue weighted by Crippen LogP contribution is 2.34. The number of likely N-dealkylation sites (tertiary alicyclic amines) is 1. The molecule has 45 heavy (non-hydrogen) atoms. The first-order valence-corrected chi connectivity index (χ1v) is 16.6. The maximum atomic E-state index is 13.3. The van der Waals surface area contributed by atoms with Crippen LogP contribution in [-0.4, -0.2) is 85.9 Å². The minimum Gasteiger partial charge on any atom is -0.444 e. The third-order valence-electron chi connectivity index (χ3n) is 7.46. The highest BCUT2D eigenvalue weighted by molar-refractivity contribution is 7.90. The summed E-state index contributed by atoms with van der Waals surface area (Å²) in [6.45, 7) is 8.98.